The van der Waals surface area contributed by atoms with Gasteiger partial charge < -0.3 is 10.6 Å². The average Bonchev–Trinajstić information content (AvgIpc) is 2.77. The maximum absolute atomic E-state index is 14.3. The molecule has 3 nitrogen and oxygen atoms in total. The van der Waals surface area contributed by atoms with Crippen LogP contribution in [0.4, 0.5) is 8.78 Å². The van der Waals surface area contributed by atoms with E-state index >= 15 is 0 Å². The van der Waals surface area contributed by atoms with Crippen LogP contribution in [0.25, 0.3) is 0 Å². The molecule has 4 aliphatic rings. The van der Waals surface area contributed by atoms with Crippen LogP contribution in [0.1, 0.15) is 43.7 Å². The second-order valence-corrected chi connectivity index (χ2v) is 8.22. The number of hydrogen-bond acceptors (Lipinski definition) is 3. The van der Waals surface area contributed by atoms with Gasteiger partial charge in [0.2, 0.25) is 0 Å². The lowest BCUT2D eigenvalue weighted by molar-refractivity contribution is 0.00762. The summed E-state index contributed by atoms with van der Waals surface area (Å²) in [5.74, 6) is -1.70. The molecule has 1 aliphatic heterocycles. The Morgan fingerprint density at radius 2 is 1.80 bits per heavy atom. The molecule has 25 heavy (non-hydrogen) atoms. The third kappa shape index (κ3) is 2.22. The van der Waals surface area contributed by atoms with Crippen molar-refractivity contribution in [2.45, 2.75) is 50.1 Å². The van der Waals surface area contributed by atoms with Crippen LogP contribution in [0.5, 0.6) is 0 Å². The van der Waals surface area contributed by atoms with E-state index in [-0.39, 0.29) is 36.1 Å². The number of alkyl halides is 2. The zero-order valence-electron chi connectivity index (χ0n) is 13.7. The minimum Gasteiger partial charge on any atom is -0.354 e. The van der Waals surface area contributed by atoms with Gasteiger partial charge in [0.05, 0.1) is 12.6 Å². The Balaban J connectivity index is 0.00000157. The molecule has 136 valence electrons. The van der Waals surface area contributed by atoms with Gasteiger partial charge in [-0.3, -0.25) is 4.99 Å². The summed E-state index contributed by atoms with van der Waals surface area (Å²) in [5, 5.41) is 7.39. The van der Waals surface area contributed by atoms with E-state index in [9.17, 15) is 8.78 Å². The molecular formula is C18H21ClF2IN3. The number of fused-ring (bicyclic) bond motifs is 1. The van der Waals surface area contributed by atoms with Crippen LogP contribution in [-0.2, 0) is 0 Å². The highest BCUT2D eigenvalue weighted by Crippen LogP contribution is 2.88. The Labute approximate surface area is 168 Å². The standard InChI is InChI=1S/C18H20ClF2N3.HI/c19-12-4-2-11(3-5-12)14-10-22-15(24-14)23-13-8-17(9-13)16(6-1-7-16)18(17,20)21;/h2-5,13-14H,1,6-10H2,(H2,22,23,24);1H. The Hall–Kier alpha value is -0.630. The molecule has 3 fully saturated rings. The molecule has 1 aromatic rings. The van der Waals surface area contributed by atoms with E-state index in [0.29, 0.717) is 37.3 Å². The van der Waals surface area contributed by atoms with Gasteiger partial charge in [0.15, 0.2) is 5.96 Å². The Morgan fingerprint density at radius 1 is 1.12 bits per heavy atom. The number of guanidine groups is 1. The maximum Gasteiger partial charge on any atom is 0.260 e. The Kier molecular flexibility index (Phi) is 4.04. The molecule has 7 heteroatoms. The van der Waals surface area contributed by atoms with Crippen LogP contribution in [-0.4, -0.2) is 24.5 Å². The van der Waals surface area contributed by atoms with E-state index < -0.39 is 16.8 Å². The molecule has 0 radical (unpaired) electrons. The van der Waals surface area contributed by atoms with Gasteiger partial charge in [0, 0.05) is 21.9 Å². The number of hydrogen-bond donors (Lipinski definition) is 2. The van der Waals surface area contributed by atoms with Crippen molar-refractivity contribution in [3.63, 3.8) is 0 Å². The monoisotopic (exact) mass is 479 g/mol. The fourth-order valence-electron chi connectivity index (χ4n) is 5.20. The molecule has 0 amide bonds. The van der Waals surface area contributed by atoms with Gasteiger partial charge in [-0.1, -0.05) is 30.2 Å². The molecule has 1 aromatic carbocycles. The van der Waals surface area contributed by atoms with E-state index in [1.54, 1.807) is 0 Å². The molecule has 1 heterocycles. The van der Waals surface area contributed by atoms with Crippen molar-refractivity contribution in [3.8, 4) is 0 Å². The highest BCUT2D eigenvalue weighted by molar-refractivity contribution is 14.0. The van der Waals surface area contributed by atoms with Gasteiger partial charge in [-0.25, -0.2) is 8.78 Å². The minimum absolute atomic E-state index is 0. The summed E-state index contributed by atoms with van der Waals surface area (Å²) in [4.78, 5) is 4.49. The highest BCUT2D eigenvalue weighted by Gasteiger charge is 2.94. The summed E-state index contributed by atoms with van der Waals surface area (Å²) in [6, 6.07) is 7.95. The number of rotatable bonds is 2. The molecular weight excluding hydrogens is 459 g/mol. The second-order valence-electron chi connectivity index (χ2n) is 7.78. The van der Waals surface area contributed by atoms with E-state index in [2.05, 4.69) is 15.6 Å². The summed E-state index contributed by atoms with van der Waals surface area (Å²) in [7, 11) is 0. The smallest absolute Gasteiger partial charge is 0.260 e. The molecule has 0 bridgehead atoms. The first-order valence-corrected chi connectivity index (χ1v) is 9.06. The zero-order chi connectivity index (χ0) is 16.6. The van der Waals surface area contributed by atoms with E-state index in [1.165, 1.54) is 0 Å². The van der Waals surface area contributed by atoms with E-state index in [1.807, 2.05) is 24.3 Å². The molecule has 2 N–H and O–H groups in total. The number of halogens is 4. The van der Waals surface area contributed by atoms with Gasteiger partial charge in [-0.15, -0.1) is 24.0 Å². The normalized spacial score (nSPS) is 35.9. The van der Waals surface area contributed by atoms with Crippen molar-refractivity contribution in [2.24, 2.45) is 15.8 Å². The lowest BCUT2D eigenvalue weighted by atomic mass is 9.65. The van der Waals surface area contributed by atoms with Crippen molar-refractivity contribution in [2.75, 3.05) is 6.54 Å². The predicted molar refractivity (Wildman–Crippen MR) is 105 cm³/mol. The van der Waals surface area contributed by atoms with Gasteiger partial charge >= 0.3 is 0 Å². The van der Waals surface area contributed by atoms with Crippen LogP contribution in [0.15, 0.2) is 29.3 Å². The Morgan fingerprint density at radius 3 is 2.36 bits per heavy atom. The molecule has 2 spiro atoms. The van der Waals surface area contributed by atoms with Crippen molar-refractivity contribution >= 4 is 41.5 Å². The average molecular weight is 480 g/mol. The van der Waals surface area contributed by atoms with Crippen LogP contribution < -0.4 is 10.6 Å². The summed E-state index contributed by atoms with van der Waals surface area (Å²) in [5.41, 5.74) is -0.216. The topological polar surface area (TPSA) is 36.4 Å². The van der Waals surface area contributed by atoms with Gasteiger partial charge in [0.25, 0.3) is 5.92 Å². The van der Waals surface area contributed by atoms with Crippen molar-refractivity contribution in [1.82, 2.24) is 10.6 Å². The van der Waals surface area contributed by atoms with Crippen LogP contribution in [0, 0.1) is 10.8 Å². The van der Waals surface area contributed by atoms with Gasteiger partial charge in [-0.2, -0.15) is 0 Å². The molecule has 0 aromatic heterocycles. The van der Waals surface area contributed by atoms with E-state index in [0.717, 1.165) is 17.9 Å². The molecule has 3 aliphatic carbocycles. The Bertz CT molecular complexity index is 712. The molecule has 1 unspecified atom stereocenters. The van der Waals surface area contributed by atoms with Crippen LogP contribution in [0.3, 0.4) is 0 Å². The first kappa shape index (κ1) is 17.8. The molecule has 0 saturated heterocycles. The van der Waals surface area contributed by atoms with Crippen LogP contribution in [0.2, 0.25) is 5.02 Å². The molecule has 5 rings (SSSR count). The zero-order valence-corrected chi connectivity index (χ0v) is 16.8. The van der Waals surface area contributed by atoms with Gasteiger partial charge in [-0.05, 0) is 43.4 Å². The molecule has 1 atom stereocenters. The predicted octanol–water partition coefficient (Wildman–Crippen LogP) is 4.52. The van der Waals surface area contributed by atoms with Crippen molar-refractivity contribution in [1.29, 1.82) is 0 Å². The number of nitrogens with zero attached hydrogens (tertiary/aromatic N) is 1. The summed E-state index contributed by atoms with van der Waals surface area (Å²) >= 11 is 5.92. The number of benzene rings is 1. The first-order chi connectivity index (χ1) is 11.5. The fourth-order valence-corrected chi connectivity index (χ4v) is 5.32. The quantitative estimate of drug-likeness (QED) is 0.612. The fraction of sp³-hybridized carbons (Fsp3) is 0.611. The van der Waals surface area contributed by atoms with E-state index in [4.69, 9.17) is 11.6 Å². The minimum atomic E-state index is -2.44. The lowest BCUT2D eigenvalue weighted by Gasteiger charge is -2.41. The molecule has 3 saturated carbocycles. The summed E-state index contributed by atoms with van der Waals surface area (Å²) in [6.45, 7) is 0.655. The number of aliphatic imine (C=N–C) groups is 1. The maximum atomic E-state index is 14.3. The lowest BCUT2D eigenvalue weighted by Crippen LogP contribution is -2.51. The largest absolute Gasteiger partial charge is 0.354 e. The highest BCUT2D eigenvalue weighted by atomic mass is 127. The third-order valence-electron chi connectivity index (χ3n) is 6.81. The second kappa shape index (κ2) is 5.68. The number of nitrogens with one attached hydrogen (secondary N) is 2. The van der Waals surface area contributed by atoms with Gasteiger partial charge in [0.1, 0.15) is 0 Å². The summed E-state index contributed by atoms with van der Waals surface area (Å²) < 4.78 is 28.5. The van der Waals surface area contributed by atoms with Crippen molar-refractivity contribution in [3.05, 3.63) is 34.9 Å². The first-order valence-electron chi connectivity index (χ1n) is 8.68. The van der Waals surface area contributed by atoms with Crippen molar-refractivity contribution < 1.29 is 8.78 Å². The summed E-state index contributed by atoms with van der Waals surface area (Å²) in [6.07, 6.45) is 3.54. The van der Waals surface area contributed by atoms with Crippen LogP contribution >= 0.6 is 35.6 Å². The third-order valence-corrected chi connectivity index (χ3v) is 7.06. The SMILES string of the molecule is FC1(F)C2(CCC2)C12CC(NC1=NCC(c3ccc(Cl)cc3)N1)C2.I.